The van der Waals surface area contributed by atoms with Crippen molar-refractivity contribution in [3.8, 4) is 0 Å². The Hall–Kier alpha value is -2.78. The van der Waals surface area contributed by atoms with Crippen LogP contribution in [0.25, 0.3) is 0 Å². The van der Waals surface area contributed by atoms with E-state index < -0.39 is 23.6 Å². The van der Waals surface area contributed by atoms with Crippen LogP contribution in [0.15, 0.2) is 35.5 Å². The second-order valence-electron chi connectivity index (χ2n) is 8.71. The summed E-state index contributed by atoms with van der Waals surface area (Å²) in [5.41, 5.74) is 0.920. The summed E-state index contributed by atoms with van der Waals surface area (Å²) in [5.74, 6) is -0.537. The van der Waals surface area contributed by atoms with Gasteiger partial charge in [0.05, 0.1) is 18.7 Å². The van der Waals surface area contributed by atoms with E-state index in [4.69, 9.17) is 21.1 Å². The Kier molecular flexibility index (Phi) is 7.30. The Labute approximate surface area is 192 Å². The van der Waals surface area contributed by atoms with Crippen LogP contribution in [-0.2, 0) is 14.3 Å². The highest BCUT2D eigenvalue weighted by Gasteiger charge is 2.35. The van der Waals surface area contributed by atoms with Crippen molar-refractivity contribution >= 4 is 29.7 Å². The molecule has 0 aliphatic carbocycles. The van der Waals surface area contributed by atoms with Gasteiger partial charge in [-0.3, -0.25) is 4.90 Å². The summed E-state index contributed by atoms with van der Waals surface area (Å²) in [4.78, 5) is 41.1. The first-order valence-electron chi connectivity index (χ1n) is 10.4. The van der Waals surface area contributed by atoms with Crippen molar-refractivity contribution in [3.05, 3.63) is 46.1 Å². The van der Waals surface area contributed by atoms with Gasteiger partial charge >= 0.3 is 18.1 Å². The quantitative estimate of drug-likeness (QED) is 0.664. The molecule has 1 saturated heterocycles. The van der Waals surface area contributed by atoms with Crippen LogP contribution in [0.5, 0.6) is 0 Å². The fourth-order valence-electron chi connectivity index (χ4n) is 3.67. The first-order chi connectivity index (χ1) is 15.1. The first kappa shape index (κ1) is 23.9. The van der Waals surface area contributed by atoms with Crippen molar-refractivity contribution in [1.82, 2.24) is 20.4 Å². The maximum Gasteiger partial charge on any atom is 0.410 e. The monoisotopic (exact) mass is 464 g/mol. The number of hydrogen-bond acceptors (Lipinski definition) is 6. The number of nitrogens with zero attached hydrogens (tertiary/aromatic N) is 2. The summed E-state index contributed by atoms with van der Waals surface area (Å²) in [5, 5.41) is 6.04. The zero-order chi connectivity index (χ0) is 23.5. The van der Waals surface area contributed by atoms with Gasteiger partial charge in [-0.05, 0) is 38.5 Å². The predicted molar refractivity (Wildman–Crippen MR) is 119 cm³/mol. The molecule has 2 heterocycles. The van der Waals surface area contributed by atoms with Gasteiger partial charge in [-0.25, -0.2) is 14.4 Å². The first-order valence-corrected chi connectivity index (χ1v) is 10.8. The van der Waals surface area contributed by atoms with E-state index >= 15 is 0 Å². The molecular weight excluding hydrogens is 436 g/mol. The summed E-state index contributed by atoms with van der Waals surface area (Å²) in [6.45, 7) is 7.94. The number of nitrogens with one attached hydrogen (secondary N) is 2. The second kappa shape index (κ2) is 9.79. The third-order valence-corrected chi connectivity index (χ3v) is 5.38. The zero-order valence-corrected chi connectivity index (χ0v) is 19.5. The van der Waals surface area contributed by atoms with Crippen molar-refractivity contribution in [1.29, 1.82) is 0 Å². The van der Waals surface area contributed by atoms with Gasteiger partial charge in [-0.1, -0.05) is 23.7 Å². The maximum absolute atomic E-state index is 12.7. The molecule has 0 bridgehead atoms. The van der Waals surface area contributed by atoms with E-state index in [1.165, 1.54) is 7.11 Å². The SMILES string of the molecule is COC(=O)C1=C(CN2CCN(C(=O)OC(C)(C)C)CC2)NC(=O)N[C@@H]1c1cccc(Cl)c1. The zero-order valence-electron chi connectivity index (χ0n) is 18.7. The van der Waals surface area contributed by atoms with Gasteiger partial charge in [0, 0.05) is 43.4 Å². The largest absolute Gasteiger partial charge is 0.466 e. The van der Waals surface area contributed by atoms with Crippen LogP contribution in [0.3, 0.4) is 0 Å². The normalized spacial score (nSPS) is 19.8. The van der Waals surface area contributed by atoms with Crippen LogP contribution in [0, 0.1) is 0 Å². The minimum atomic E-state index is -0.687. The molecule has 2 N–H and O–H groups in total. The van der Waals surface area contributed by atoms with E-state index in [0.29, 0.717) is 54.6 Å². The topological polar surface area (TPSA) is 100 Å². The lowest BCUT2D eigenvalue weighted by atomic mass is 9.95. The number of halogens is 1. The molecule has 9 nitrogen and oxygen atoms in total. The predicted octanol–water partition coefficient (Wildman–Crippen LogP) is 2.67. The smallest absolute Gasteiger partial charge is 0.410 e. The number of ether oxygens (including phenoxy) is 2. The molecule has 0 aromatic heterocycles. The number of piperazine rings is 1. The van der Waals surface area contributed by atoms with E-state index in [9.17, 15) is 14.4 Å². The summed E-state index contributed by atoms with van der Waals surface area (Å²) < 4.78 is 10.4. The fourth-order valence-corrected chi connectivity index (χ4v) is 3.87. The molecule has 3 rings (SSSR count). The molecule has 0 radical (unpaired) electrons. The van der Waals surface area contributed by atoms with Crippen LogP contribution < -0.4 is 10.6 Å². The summed E-state index contributed by atoms with van der Waals surface area (Å²) >= 11 is 6.12. The number of benzene rings is 1. The summed E-state index contributed by atoms with van der Waals surface area (Å²) in [6.07, 6.45) is -0.345. The number of amides is 3. The van der Waals surface area contributed by atoms with Gasteiger partial charge in [0.25, 0.3) is 0 Å². The van der Waals surface area contributed by atoms with Crippen molar-refractivity contribution in [2.24, 2.45) is 0 Å². The lowest BCUT2D eigenvalue weighted by Gasteiger charge is -2.37. The molecular formula is C22H29ClN4O5. The minimum absolute atomic E-state index is 0.323. The average Bonchev–Trinajstić information content (AvgIpc) is 2.72. The van der Waals surface area contributed by atoms with Gasteiger partial charge < -0.3 is 25.0 Å². The molecule has 1 aromatic rings. The van der Waals surface area contributed by atoms with Crippen LogP contribution in [0.4, 0.5) is 9.59 Å². The van der Waals surface area contributed by atoms with Crippen molar-refractivity contribution in [2.75, 3.05) is 39.8 Å². The molecule has 0 unspecified atom stereocenters. The van der Waals surface area contributed by atoms with Gasteiger partial charge in [0.1, 0.15) is 5.60 Å². The van der Waals surface area contributed by atoms with Gasteiger partial charge in [-0.2, -0.15) is 0 Å². The van der Waals surface area contributed by atoms with E-state index in [-0.39, 0.29) is 6.09 Å². The molecule has 1 aromatic carbocycles. The molecule has 0 saturated carbocycles. The Morgan fingerprint density at radius 2 is 1.88 bits per heavy atom. The molecule has 3 amide bonds. The standard InChI is InChI=1S/C22H29ClN4O5/c1-22(2,3)32-21(30)27-10-8-26(9-11-27)13-16-17(19(28)31-4)18(25-20(29)24-16)14-6-5-7-15(23)12-14/h5-7,12,18H,8-11,13H2,1-4H3,(H2,24,25,29)/t18-/m1/s1. The minimum Gasteiger partial charge on any atom is -0.466 e. The molecule has 10 heteroatoms. The molecule has 174 valence electrons. The van der Waals surface area contributed by atoms with Gasteiger partial charge in [0.2, 0.25) is 0 Å². The molecule has 2 aliphatic rings. The number of methoxy groups -OCH3 is 1. The van der Waals surface area contributed by atoms with Crippen molar-refractivity contribution in [3.63, 3.8) is 0 Å². The Morgan fingerprint density at radius 3 is 2.47 bits per heavy atom. The number of rotatable bonds is 4. The molecule has 2 aliphatic heterocycles. The molecule has 0 spiro atoms. The highest BCUT2D eigenvalue weighted by molar-refractivity contribution is 6.30. The lowest BCUT2D eigenvalue weighted by Crippen LogP contribution is -2.53. The number of hydrogen-bond donors (Lipinski definition) is 2. The van der Waals surface area contributed by atoms with Crippen molar-refractivity contribution < 1.29 is 23.9 Å². The van der Waals surface area contributed by atoms with Crippen molar-refractivity contribution in [2.45, 2.75) is 32.4 Å². The Bertz CT molecular complexity index is 919. The highest BCUT2D eigenvalue weighted by Crippen LogP contribution is 2.29. The lowest BCUT2D eigenvalue weighted by molar-refractivity contribution is -0.136. The maximum atomic E-state index is 12.7. The number of carbonyl (C=O) groups is 3. The van der Waals surface area contributed by atoms with Gasteiger partial charge in [0.15, 0.2) is 0 Å². The number of carbonyl (C=O) groups excluding carboxylic acids is 3. The van der Waals surface area contributed by atoms with Gasteiger partial charge in [-0.15, -0.1) is 0 Å². The highest BCUT2D eigenvalue weighted by atomic mass is 35.5. The third-order valence-electron chi connectivity index (χ3n) is 5.15. The van der Waals surface area contributed by atoms with Crippen LogP contribution in [0.1, 0.15) is 32.4 Å². The summed E-state index contributed by atoms with van der Waals surface area (Å²) in [7, 11) is 1.30. The molecule has 1 fully saturated rings. The number of urea groups is 1. The molecule has 1 atom stereocenters. The van der Waals surface area contributed by atoms with E-state index in [1.54, 1.807) is 29.2 Å². The summed E-state index contributed by atoms with van der Waals surface area (Å²) in [6, 6.07) is 5.88. The fraction of sp³-hybridized carbons (Fsp3) is 0.500. The average molecular weight is 465 g/mol. The van der Waals surface area contributed by atoms with E-state index in [0.717, 1.165) is 0 Å². The van der Waals surface area contributed by atoms with E-state index in [1.807, 2.05) is 20.8 Å². The van der Waals surface area contributed by atoms with Crippen LogP contribution in [-0.4, -0.2) is 73.3 Å². The number of esters is 1. The third kappa shape index (κ3) is 5.92. The second-order valence-corrected chi connectivity index (χ2v) is 9.15. The molecule has 32 heavy (non-hydrogen) atoms. The Morgan fingerprint density at radius 1 is 1.19 bits per heavy atom. The van der Waals surface area contributed by atoms with Crippen LogP contribution in [0.2, 0.25) is 5.02 Å². The van der Waals surface area contributed by atoms with E-state index in [2.05, 4.69) is 15.5 Å². The Balaban J connectivity index is 1.78. The van der Waals surface area contributed by atoms with Crippen LogP contribution >= 0.6 is 11.6 Å².